The minimum atomic E-state index is 0.232. The van der Waals surface area contributed by atoms with Crippen LogP contribution in [0.2, 0.25) is 0 Å². The summed E-state index contributed by atoms with van der Waals surface area (Å²) in [6.45, 7) is 4.41. The van der Waals surface area contributed by atoms with Crippen molar-refractivity contribution in [1.82, 2.24) is 4.90 Å². The summed E-state index contributed by atoms with van der Waals surface area (Å²) < 4.78 is 0. The van der Waals surface area contributed by atoms with Crippen LogP contribution in [0.5, 0.6) is 0 Å². The fourth-order valence-electron chi connectivity index (χ4n) is 2.89. The van der Waals surface area contributed by atoms with Crippen molar-refractivity contribution in [3.8, 4) is 0 Å². The van der Waals surface area contributed by atoms with E-state index in [1.165, 1.54) is 30.6 Å². The van der Waals surface area contributed by atoms with Crippen LogP contribution >= 0.6 is 0 Å². The summed E-state index contributed by atoms with van der Waals surface area (Å²) in [5, 5.41) is 0. The second-order valence-corrected chi connectivity index (χ2v) is 6.01. The van der Waals surface area contributed by atoms with Crippen LogP contribution in [0.1, 0.15) is 25.3 Å². The number of rotatable bonds is 5. The maximum atomic E-state index is 5.83. The Morgan fingerprint density at radius 1 is 1.37 bits per heavy atom. The first-order valence-corrected chi connectivity index (χ1v) is 7.32. The van der Waals surface area contributed by atoms with Crippen molar-refractivity contribution in [2.75, 3.05) is 32.1 Å². The van der Waals surface area contributed by atoms with Crippen LogP contribution in [-0.4, -0.2) is 44.2 Å². The maximum Gasteiger partial charge on any atom is 0.0364 e. The summed E-state index contributed by atoms with van der Waals surface area (Å²) in [4.78, 5) is 4.84. The van der Waals surface area contributed by atoms with E-state index in [0.717, 1.165) is 13.0 Å². The van der Waals surface area contributed by atoms with E-state index in [-0.39, 0.29) is 6.04 Å². The topological polar surface area (TPSA) is 32.5 Å². The molecule has 1 saturated heterocycles. The summed E-state index contributed by atoms with van der Waals surface area (Å²) in [5.41, 5.74) is 8.45. The Bertz CT molecular complexity index is 385. The van der Waals surface area contributed by atoms with Gasteiger partial charge in [0.25, 0.3) is 0 Å². The van der Waals surface area contributed by atoms with Crippen molar-refractivity contribution in [3.63, 3.8) is 0 Å². The summed E-state index contributed by atoms with van der Waals surface area (Å²) in [5.74, 6) is 0. The third kappa shape index (κ3) is 3.95. The van der Waals surface area contributed by atoms with Gasteiger partial charge >= 0.3 is 0 Å². The largest absolute Gasteiger partial charge is 0.373 e. The van der Waals surface area contributed by atoms with Crippen molar-refractivity contribution in [2.24, 2.45) is 5.73 Å². The van der Waals surface area contributed by atoms with Gasteiger partial charge in [0.2, 0.25) is 0 Å². The second-order valence-electron chi connectivity index (χ2n) is 6.01. The molecule has 1 aliphatic rings. The Balaban J connectivity index is 1.93. The van der Waals surface area contributed by atoms with Gasteiger partial charge in [-0.1, -0.05) is 12.1 Å². The molecular weight excluding hydrogens is 234 g/mol. The lowest BCUT2D eigenvalue weighted by Gasteiger charge is -2.27. The highest BCUT2D eigenvalue weighted by Gasteiger charge is 2.22. The molecule has 0 spiro atoms. The summed E-state index contributed by atoms with van der Waals surface area (Å²) in [6, 6.07) is 9.77. The third-order valence-electron chi connectivity index (χ3n) is 4.09. The first-order valence-electron chi connectivity index (χ1n) is 7.32. The molecule has 3 nitrogen and oxygen atoms in total. The molecular formula is C16H27N3. The van der Waals surface area contributed by atoms with E-state index in [2.05, 4.69) is 55.1 Å². The molecule has 3 heteroatoms. The molecule has 1 aromatic rings. The van der Waals surface area contributed by atoms with Gasteiger partial charge in [0, 0.05) is 31.4 Å². The fraction of sp³-hybridized carbons (Fsp3) is 0.625. The zero-order valence-electron chi connectivity index (χ0n) is 12.5. The van der Waals surface area contributed by atoms with Crippen molar-refractivity contribution in [1.29, 1.82) is 0 Å². The molecule has 2 N–H and O–H groups in total. The molecule has 0 amide bonds. The number of likely N-dealkylation sites (tertiary alicyclic amines) is 1. The van der Waals surface area contributed by atoms with Gasteiger partial charge in [0.05, 0.1) is 0 Å². The summed E-state index contributed by atoms with van der Waals surface area (Å²) >= 11 is 0. The standard InChI is InChI=1S/C16H27N3/c1-13(17)11-14-6-8-15(9-7-14)19(3)12-16-5-4-10-18(16)2/h6-9,13,16H,4-5,10-12,17H2,1-3H3. The van der Waals surface area contributed by atoms with E-state index >= 15 is 0 Å². The van der Waals surface area contributed by atoms with Crippen LogP contribution in [0.4, 0.5) is 5.69 Å². The lowest BCUT2D eigenvalue weighted by Crippen LogP contribution is -2.36. The normalized spacial score (nSPS) is 21.6. The molecule has 0 saturated carbocycles. The average molecular weight is 261 g/mol. The van der Waals surface area contributed by atoms with E-state index in [4.69, 9.17) is 5.73 Å². The van der Waals surface area contributed by atoms with E-state index in [0.29, 0.717) is 6.04 Å². The van der Waals surface area contributed by atoms with E-state index < -0.39 is 0 Å². The van der Waals surface area contributed by atoms with E-state index in [1.54, 1.807) is 0 Å². The molecule has 0 radical (unpaired) electrons. The molecule has 1 aromatic carbocycles. The smallest absolute Gasteiger partial charge is 0.0364 e. The highest BCUT2D eigenvalue weighted by molar-refractivity contribution is 5.47. The SMILES string of the molecule is CC(N)Cc1ccc(N(C)CC2CCCN2C)cc1. The van der Waals surface area contributed by atoms with Crippen molar-refractivity contribution >= 4 is 5.69 Å². The first kappa shape index (κ1) is 14.4. The number of hydrogen-bond donors (Lipinski definition) is 1. The third-order valence-corrected chi connectivity index (χ3v) is 4.09. The first-order chi connectivity index (χ1) is 9.06. The van der Waals surface area contributed by atoms with Gasteiger partial charge in [-0.15, -0.1) is 0 Å². The number of likely N-dealkylation sites (N-methyl/N-ethyl adjacent to an activating group) is 2. The van der Waals surface area contributed by atoms with E-state index in [9.17, 15) is 0 Å². The predicted molar refractivity (Wildman–Crippen MR) is 82.7 cm³/mol. The minimum Gasteiger partial charge on any atom is -0.373 e. The van der Waals surface area contributed by atoms with Crippen LogP contribution in [0, 0.1) is 0 Å². The molecule has 0 aliphatic carbocycles. The van der Waals surface area contributed by atoms with Crippen molar-refractivity contribution in [3.05, 3.63) is 29.8 Å². The lowest BCUT2D eigenvalue weighted by atomic mass is 10.1. The van der Waals surface area contributed by atoms with Gasteiger partial charge in [0.15, 0.2) is 0 Å². The molecule has 2 rings (SSSR count). The predicted octanol–water partition coefficient (Wildman–Crippen LogP) is 2.11. The number of benzene rings is 1. The Hall–Kier alpha value is -1.06. The van der Waals surface area contributed by atoms with Crippen LogP contribution < -0.4 is 10.6 Å². The molecule has 1 fully saturated rings. The highest BCUT2D eigenvalue weighted by atomic mass is 15.2. The van der Waals surface area contributed by atoms with Crippen LogP contribution in [0.15, 0.2) is 24.3 Å². The molecule has 2 unspecified atom stereocenters. The second kappa shape index (κ2) is 6.40. The fourth-order valence-corrected chi connectivity index (χ4v) is 2.89. The number of anilines is 1. The maximum absolute atomic E-state index is 5.83. The van der Waals surface area contributed by atoms with Gasteiger partial charge in [-0.3, -0.25) is 0 Å². The Morgan fingerprint density at radius 3 is 2.58 bits per heavy atom. The number of nitrogens with zero attached hydrogens (tertiary/aromatic N) is 2. The quantitative estimate of drug-likeness (QED) is 0.881. The Kier molecular flexibility index (Phi) is 4.83. The Labute approximate surface area is 117 Å². The van der Waals surface area contributed by atoms with Crippen molar-refractivity contribution in [2.45, 2.75) is 38.3 Å². The van der Waals surface area contributed by atoms with Gasteiger partial charge in [-0.25, -0.2) is 0 Å². The molecule has 2 atom stereocenters. The van der Waals surface area contributed by atoms with Crippen LogP contribution in [0.3, 0.4) is 0 Å². The Morgan fingerprint density at radius 2 is 2.05 bits per heavy atom. The highest BCUT2D eigenvalue weighted by Crippen LogP contribution is 2.20. The van der Waals surface area contributed by atoms with Gasteiger partial charge in [-0.2, -0.15) is 0 Å². The zero-order chi connectivity index (χ0) is 13.8. The summed E-state index contributed by atoms with van der Waals surface area (Å²) in [7, 11) is 4.42. The zero-order valence-corrected chi connectivity index (χ0v) is 12.5. The molecule has 0 bridgehead atoms. The molecule has 0 aromatic heterocycles. The van der Waals surface area contributed by atoms with E-state index in [1.807, 2.05) is 0 Å². The summed E-state index contributed by atoms with van der Waals surface area (Å²) in [6.07, 6.45) is 3.61. The molecule has 106 valence electrons. The minimum absolute atomic E-state index is 0.232. The number of nitrogens with two attached hydrogens (primary N) is 1. The molecule has 1 aliphatic heterocycles. The molecule has 1 heterocycles. The lowest BCUT2D eigenvalue weighted by molar-refractivity contribution is 0.314. The van der Waals surface area contributed by atoms with Crippen LogP contribution in [0.25, 0.3) is 0 Å². The van der Waals surface area contributed by atoms with Crippen LogP contribution in [-0.2, 0) is 6.42 Å². The van der Waals surface area contributed by atoms with Gasteiger partial charge in [-0.05, 0) is 57.5 Å². The van der Waals surface area contributed by atoms with Crippen molar-refractivity contribution < 1.29 is 0 Å². The van der Waals surface area contributed by atoms with Gasteiger partial charge in [0.1, 0.15) is 0 Å². The monoisotopic (exact) mass is 261 g/mol. The van der Waals surface area contributed by atoms with Gasteiger partial charge < -0.3 is 15.5 Å². The number of hydrogen-bond acceptors (Lipinski definition) is 3. The molecule has 19 heavy (non-hydrogen) atoms. The average Bonchev–Trinajstić information content (AvgIpc) is 2.75.